The minimum atomic E-state index is -4.39. The van der Waals surface area contributed by atoms with Gasteiger partial charge in [-0.1, -0.05) is 12.1 Å². The number of alkyl halides is 3. The SMILES string of the molecule is CC(C)S(=O)(=O)Cc1ccc(C(F)(F)F)cc1. The molecule has 0 amide bonds. The molecule has 0 aliphatic heterocycles. The van der Waals surface area contributed by atoms with E-state index in [-0.39, 0.29) is 5.75 Å². The third kappa shape index (κ3) is 3.73. The molecule has 2 nitrogen and oxygen atoms in total. The highest BCUT2D eigenvalue weighted by atomic mass is 32.2. The van der Waals surface area contributed by atoms with Crippen LogP contribution in [-0.4, -0.2) is 13.7 Å². The first-order valence-electron chi connectivity index (χ1n) is 5.00. The second kappa shape index (κ2) is 4.68. The van der Waals surface area contributed by atoms with Gasteiger partial charge in [0.1, 0.15) is 0 Å². The van der Waals surface area contributed by atoms with Crippen LogP contribution >= 0.6 is 0 Å². The first kappa shape index (κ1) is 14.0. The summed E-state index contributed by atoms with van der Waals surface area (Å²) in [5, 5.41) is -0.537. The molecule has 0 spiro atoms. The zero-order valence-electron chi connectivity index (χ0n) is 9.45. The standard InChI is InChI=1S/C11H13F3O2S/c1-8(2)17(15,16)7-9-3-5-10(6-4-9)11(12,13)14/h3-6,8H,7H2,1-2H3. The molecular weight excluding hydrogens is 253 g/mol. The summed E-state index contributed by atoms with van der Waals surface area (Å²) >= 11 is 0. The number of hydrogen-bond donors (Lipinski definition) is 0. The van der Waals surface area contributed by atoms with Gasteiger partial charge in [-0.25, -0.2) is 8.42 Å². The van der Waals surface area contributed by atoms with Crippen molar-refractivity contribution in [3.63, 3.8) is 0 Å². The summed E-state index contributed by atoms with van der Waals surface area (Å²) in [6, 6.07) is 4.18. The predicted molar refractivity (Wildman–Crippen MR) is 59.2 cm³/mol. The van der Waals surface area contributed by atoms with Gasteiger partial charge in [0.05, 0.1) is 16.6 Å². The zero-order chi connectivity index (χ0) is 13.3. The Morgan fingerprint density at radius 2 is 1.59 bits per heavy atom. The Kier molecular flexibility index (Phi) is 3.86. The van der Waals surface area contributed by atoms with Crippen molar-refractivity contribution >= 4 is 9.84 Å². The number of benzene rings is 1. The minimum Gasteiger partial charge on any atom is -0.228 e. The van der Waals surface area contributed by atoms with Crippen LogP contribution in [0.5, 0.6) is 0 Å². The molecule has 0 saturated heterocycles. The summed E-state index contributed by atoms with van der Waals surface area (Å²) in [6.45, 7) is 3.08. The van der Waals surface area contributed by atoms with Gasteiger partial charge < -0.3 is 0 Å². The van der Waals surface area contributed by atoms with E-state index in [9.17, 15) is 21.6 Å². The summed E-state index contributed by atoms with van der Waals surface area (Å²) in [7, 11) is -3.28. The summed E-state index contributed by atoms with van der Waals surface area (Å²) in [5.74, 6) is -0.233. The van der Waals surface area contributed by atoms with E-state index in [1.165, 1.54) is 12.1 Å². The first-order chi connectivity index (χ1) is 7.63. The van der Waals surface area contributed by atoms with Gasteiger partial charge >= 0.3 is 6.18 Å². The van der Waals surface area contributed by atoms with Crippen molar-refractivity contribution in [2.75, 3.05) is 0 Å². The molecule has 0 heterocycles. The monoisotopic (exact) mass is 266 g/mol. The van der Waals surface area contributed by atoms with Crippen molar-refractivity contribution in [3.8, 4) is 0 Å². The Hall–Kier alpha value is -1.04. The van der Waals surface area contributed by atoms with E-state index in [1.807, 2.05) is 0 Å². The minimum absolute atomic E-state index is 0.233. The fourth-order valence-corrected chi connectivity index (χ4v) is 2.18. The molecule has 0 aliphatic rings. The molecule has 0 aliphatic carbocycles. The molecule has 17 heavy (non-hydrogen) atoms. The highest BCUT2D eigenvalue weighted by Crippen LogP contribution is 2.29. The van der Waals surface area contributed by atoms with Gasteiger partial charge in [0.2, 0.25) is 0 Å². The van der Waals surface area contributed by atoms with Crippen LogP contribution in [0.3, 0.4) is 0 Å². The van der Waals surface area contributed by atoms with E-state index in [1.54, 1.807) is 13.8 Å². The summed E-state index contributed by atoms with van der Waals surface area (Å²) < 4.78 is 59.9. The average Bonchev–Trinajstić information content (AvgIpc) is 2.16. The molecule has 1 aromatic rings. The quantitative estimate of drug-likeness (QED) is 0.842. The Morgan fingerprint density at radius 1 is 1.12 bits per heavy atom. The molecule has 0 fully saturated rings. The van der Waals surface area contributed by atoms with Gasteiger partial charge in [0, 0.05) is 0 Å². The Bertz CT molecular complexity index is 472. The number of sulfone groups is 1. The summed E-state index contributed by atoms with van der Waals surface area (Å²) in [4.78, 5) is 0. The smallest absolute Gasteiger partial charge is 0.228 e. The number of hydrogen-bond acceptors (Lipinski definition) is 2. The highest BCUT2D eigenvalue weighted by molar-refractivity contribution is 7.91. The Morgan fingerprint density at radius 3 is 1.94 bits per heavy atom. The molecule has 0 N–H and O–H groups in total. The molecule has 0 aromatic heterocycles. The normalized spacial score (nSPS) is 13.1. The van der Waals surface area contributed by atoms with Crippen LogP contribution in [0.25, 0.3) is 0 Å². The lowest BCUT2D eigenvalue weighted by atomic mass is 10.1. The van der Waals surface area contributed by atoms with E-state index in [4.69, 9.17) is 0 Å². The van der Waals surface area contributed by atoms with Gasteiger partial charge in [0.15, 0.2) is 9.84 Å². The Labute approximate surface area is 98.4 Å². The van der Waals surface area contributed by atoms with Crippen molar-refractivity contribution in [1.29, 1.82) is 0 Å². The van der Waals surface area contributed by atoms with Gasteiger partial charge in [-0.05, 0) is 31.5 Å². The molecule has 0 radical (unpaired) electrons. The fourth-order valence-electron chi connectivity index (χ4n) is 1.19. The van der Waals surface area contributed by atoms with Crippen LogP contribution in [0.4, 0.5) is 13.2 Å². The average molecular weight is 266 g/mol. The maximum Gasteiger partial charge on any atom is 0.416 e. The Balaban J connectivity index is 2.91. The first-order valence-corrected chi connectivity index (χ1v) is 6.72. The third-order valence-corrected chi connectivity index (χ3v) is 4.54. The van der Waals surface area contributed by atoms with E-state index < -0.39 is 26.8 Å². The zero-order valence-corrected chi connectivity index (χ0v) is 10.3. The van der Waals surface area contributed by atoms with E-state index in [0.29, 0.717) is 5.56 Å². The maximum absolute atomic E-state index is 12.3. The molecule has 6 heteroatoms. The highest BCUT2D eigenvalue weighted by Gasteiger charge is 2.30. The molecule has 1 aromatic carbocycles. The van der Waals surface area contributed by atoms with Crippen molar-refractivity contribution in [2.24, 2.45) is 0 Å². The van der Waals surface area contributed by atoms with Crippen molar-refractivity contribution < 1.29 is 21.6 Å². The molecular formula is C11H13F3O2S. The number of rotatable bonds is 3. The summed E-state index contributed by atoms with van der Waals surface area (Å²) in [5.41, 5.74) is -0.408. The van der Waals surface area contributed by atoms with Crippen LogP contribution in [-0.2, 0) is 21.8 Å². The largest absolute Gasteiger partial charge is 0.416 e. The fraction of sp³-hybridized carbons (Fsp3) is 0.455. The van der Waals surface area contributed by atoms with E-state index in [2.05, 4.69) is 0 Å². The predicted octanol–water partition coefficient (Wildman–Crippen LogP) is 3.03. The van der Waals surface area contributed by atoms with Gasteiger partial charge in [-0.3, -0.25) is 0 Å². The molecule has 0 atom stereocenters. The van der Waals surface area contributed by atoms with Gasteiger partial charge in [0.25, 0.3) is 0 Å². The maximum atomic E-state index is 12.3. The molecule has 0 unspecified atom stereocenters. The second-order valence-corrected chi connectivity index (χ2v) is 6.61. The van der Waals surface area contributed by atoms with Crippen LogP contribution in [0.15, 0.2) is 24.3 Å². The molecule has 0 bridgehead atoms. The van der Waals surface area contributed by atoms with Crippen LogP contribution in [0.1, 0.15) is 25.0 Å². The van der Waals surface area contributed by atoms with E-state index >= 15 is 0 Å². The topological polar surface area (TPSA) is 34.1 Å². The van der Waals surface area contributed by atoms with Crippen molar-refractivity contribution in [2.45, 2.75) is 31.0 Å². The lowest BCUT2D eigenvalue weighted by molar-refractivity contribution is -0.137. The molecule has 96 valence electrons. The molecule has 1 rings (SSSR count). The van der Waals surface area contributed by atoms with Crippen LogP contribution in [0.2, 0.25) is 0 Å². The van der Waals surface area contributed by atoms with Crippen molar-refractivity contribution in [3.05, 3.63) is 35.4 Å². The lowest BCUT2D eigenvalue weighted by Gasteiger charge is -2.09. The van der Waals surface area contributed by atoms with Crippen molar-refractivity contribution in [1.82, 2.24) is 0 Å². The summed E-state index contributed by atoms with van der Waals surface area (Å²) in [6.07, 6.45) is -4.39. The van der Waals surface area contributed by atoms with Gasteiger partial charge in [-0.2, -0.15) is 13.2 Å². The van der Waals surface area contributed by atoms with Crippen LogP contribution < -0.4 is 0 Å². The second-order valence-electron chi connectivity index (χ2n) is 4.05. The molecule has 0 saturated carbocycles. The van der Waals surface area contributed by atoms with Crippen LogP contribution in [0, 0.1) is 0 Å². The third-order valence-electron chi connectivity index (χ3n) is 2.37. The lowest BCUT2D eigenvalue weighted by Crippen LogP contribution is -2.16. The van der Waals surface area contributed by atoms with E-state index in [0.717, 1.165) is 12.1 Å². The number of halogens is 3. The van der Waals surface area contributed by atoms with Gasteiger partial charge in [-0.15, -0.1) is 0 Å².